The Balaban J connectivity index is 1.83. The Hall–Kier alpha value is -3.31. The molecular weight excluding hydrogens is 492 g/mol. The molecule has 0 saturated heterocycles. The van der Waals surface area contributed by atoms with Crippen LogP contribution in [0.25, 0.3) is 0 Å². The molecule has 0 aromatic heterocycles. The number of fused-ring (bicyclic) bond motifs is 2. The first-order valence-corrected chi connectivity index (χ1v) is 12.5. The normalized spacial score (nSPS) is 17.7. The van der Waals surface area contributed by atoms with E-state index in [1.54, 1.807) is 0 Å². The number of phenolic OH excluding ortho intramolecular Hbond substituents is 3. The van der Waals surface area contributed by atoms with Gasteiger partial charge in [-0.3, -0.25) is 4.79 Å². The van der Waals surface area contributed by atoms with E-state index in [1.807, 2.05) is 19.9 Å². The summed E-state index contributed by atoms with van der Waals surface area (Å²) in [6.45, 7) is 6.33. The quantitative estimate of drug-likeness (QED) is 0.130. The highest BCUT2D eigenvalue weighted by Crippen LogP contribution is 2.46. The van der Waals surface area contributed by atoms with Crippen LogP contribution in [0, 0.1) is 0 Å². The van der Waals surface area contributed by atoms with E-state index in [1.165, 1.54) is 38.1 Å². The highest BCUT2D eigenvalue weighted by Gasteiger charge is 2.39. The van der Waals surface area contributed by atoms with E-state index < -0.39 is 41.6 Å². The third kappa shape index (κ3) is 6.39. The van der Waals surface area contributed by atoms with Crippen LogP contribution in [-0.2, 0) is 0 Å². The fourth-order valence-corrected chi connectivity index (χ4v) is 4.44. The Kier molecular flexibility index (Phi) is 8.62. The van der Waals surface area contributed by atoms with Crippen LogP contribution in [0.2, 0.25) is 0 Å². The number of aliphatic hydroxyl groups excluding tert-OH is 2. The van der Waals surface area contributed by atoms with Crippen molar-refractivity contribution in [3.05, 3.63) is 47.5 Å². The lowest BCUT2D eigenvalue weighted by Gasteiger charge is -2.36. The molecule has 8 N–H and O–H groups in total. The number of allylic oxidation sites excluding steroid dienone is 2. The highest BCUT2D eigenvalue weighted by atomic mass is 16.3. The average molecular weight is 531 g/mol. The Morgan fingerprint density at radius 2 is 1.63 bits per heavy atom. The molecule has 2 aromatic carbocycles. The van der Waals surface area contributed by atoms with Crippen molar-refractivity contribution in [3.8, 4) is 17.2 Å². The van der Waals surface area contributed by atoms with Gasteiger partial charge in [-0.2, -0.15) is 0 Å². The van der Waals surface area contributed by atoms with Crippen molar-refractivity contribution in [1.82, 2.24) is 0 Å². The number of rotatable bonds is 10. The summed E-state index contributed by atoms with van der Waals surface area (Å²) in [5.41, 5.74) is -1.94. The van der Waals surface area contributed by atoms with Gasteiger partial charge < -0.3 is 46.0 Å². The van der Waals surface area contributed by atoms with Gasteiger partial charge in [-0.25, -0.2) is 0 Å². The molecule has 10 heteroatoms. The third-order valence-corrected chi connectivity index (χ3v) is 7.06. The summed E-state index contributed by atoms with van der Waals surface area (Å²) in [5.74, 6) is -1.62. The minimum Gasteiger partial charge on any atom is -0.508 e. The smallest absolute Gasteiger partial charge is 0.260 e. The molecule has 1 aliphatic rings. The first kappa shape index (κ1) is 29.2. The molecule has 4 atom stereocenters. The van der Waals surface area contributed by atoms with Crippen molar-refractivity contribution in [2.75, 3.05) is 16.8 Å². The zero-order valence-corrected chi connectivity index (χ0v) is 22.1. The molecule has 10 nitrogen and oxygen atoms in total. The first-order valence-electron chi connectivity index (χ1n) is 12.5. The number of aliphatic hydroxyl groups is 4. The lowest BCUT2D eigenvalue weighted by molar-refractivity contribution is -0.0980. The van der Waals surface area contributed by atoms with Gasteiger partial charge in [0.1, 0.15) is 29.0 Å². The summed E-state index contributed by atoms with van der Waals surface area (Å²) in [4.78, 5) is 14.6. The van der Waals surface area contributed by atoms with Crippen LogP contribution in [0.5, 0.6) is 17.2 Å². The number of β-amino-alcohol motifs (C(OH)–C–C–N with tert-alkyl or cyclic N) is 1. The van der Waals surface area contributed by atoms with Gasteiger partial charge in [-0.1, -0.05) is 17.7 Å². The molecule has 3 rings (SSSR count). The lowest BCUT2D eigenvalue weighted by Crippen LogP contribution is -2.49. The van der Waals surface area contributed by atoms with Crippen LogP contribution in [0.1, 0.15) is 63.7 Å². The van der Waals surface area contributed by atoms with Gasteiger partial charge in [-0.05, 0) is 65.5 Å². The van der Waals surface area contributed by atoms with Gasteiger partial charge in [0, 0.05) is 12.1 Å². The van der Waals surface area contributed by atoms with Crippen LogP contribution >= 0.6 is 0 Å². The van der Waals surface area contributed by atoms with E-state index >= 15 is 0 Å². The second-order valence-corrected chi connectivity index (χ2v) is 10.7. The van der Waals surface area contributed by atoms with Crippen molar-refractivity contribution in [2.24, 2.45) is 0 Å². The van der Waals surface area contributed by atoms with Crippen LogP contribution in [0.15, 0.2) is 42.0 Å². The molecule has 38 heavy (non-hydrogen) atoms. The van der Waals surface area contributed by atoms with Crippen molar-refractivity contribution in [1.29, 1.82) is 0 Å². The van der Waals surface area contributed by atoms with Crippen LogP contribution in [0.4, 0.5) is 17.1 Å². The molecular formula is C28H38N2O8. The van der Waals surface area contributed by atoms with Gasteiger partial charge >= 0.3 is 0 Å². The zero-order valence-electron chi connectivity index (χ0n) is 22.1. The van der Waals surface area contributed by atoms with Gasteiger partial charge in [0.05, 0.1) is 40.8 Å². The second kappa shape index (κ2) is 11.2. The summed E-state index contributed by atoms with van der Waals surface area (Å²) >= 11 is 0. The van der Waals surface area contributed by atoms with Crippen LogP contribution in [0.3, 0.4) is 0 Å². The molecule has 208 valence electrons. The summed E-state index contributed by atoms with van der Waals surface area (Å²) in [6.07, 6.45) is 0.0486. The number of nitrogens with zero attached hydrogens (tertiary/aromatic N) is 1. The fourth-order valence-electron chi connectivity index (χ4n) is 4.44. The van der Waals surface area contributed by atoms with E-state index in [0.717, 1.165) is 16.5 Å². The number of aromatic hydroxyl groups is 3. The average Bonchev–Trinajstić information content (AvgIpc) is 2.93. The number of para-hydroxylation sites is 1. The molecule has 0 aliphatic carbocycles. The number of amides is 1. The molecule has 0 spiro atoms. The molecule has 2 aromatic rings. The van der Waals surface area contributed by atoms with Gasteiger partial charge in [0.15, 0.2) is 0 Å². The van der Waals surface area contributed by atoms with Gasteiger partial charge in [-0.15, -0.1) is 0 Å². The topological polar surface area (TPSA) is 174 Å². The van der Waals surface area contributed by atoms with Crippen molar-refractivity contribution in [3.63, 3.8) is 0 Å². The van der Waals surface area contributed by atoms with Gasteiger partial charge in [0.25, 0.3) is 5.91 Å². The number of phenols is 3. The third-order valence-electron chi connectivity index (χ3n) is 7.06. The Bertz CT molecular complexity index is 1200. The van der Waals surface area contributed by atoms with Gasteiger partial charge in [0.2, 0.25) is 0 Å². The molecule has 0 bridgehead atoms. The lowest BCUT2D eigenvalue weighted by atomic mass is 9.85. The predicted molar refractivity (Wildman–Crippen MR) is 144 cm³/mol. The number of carbonyl (C=O) groups is 1. The number of carbonyl (C=O) groups excluding carboxylic acids is 1. The predicted octanol–water partition coefficient (Wildman–Crippen LogP) is 3.26. The number of nitrogens with one attached hydrogen (secondary N) is 1. The van der Waals surface area contributed by atoms with E-state index in [4.69, 9.17) is 0 Å². The van der Waals surface area contributed by atoms with E-state index in [2.05, 4.69) is 5.32 Å². The van der Waals surface area contributed by atoms with E-state index in [-0.39, 0.29) is 47.0 Å². The number of anilines is 3. The highest BCUT2D eigenvalue weighted by molar-refractivity contribution is 6.15. The SMILES string of the molecule is CC(C)=CCCC(C)(O)C(O)CCC(C)(O)C(O)CN1C(=O)c2cccc(O)c2Nc2c(O)cc(O)cc21. The maximum absolute atomic E-state index is 13.5. The Labute approximate surface area is 222 Å². The first-order chi connectivity index (χ1) is 17.6. The molecule has 4 unspecified atom stereocenters. The van der Waals surface area contributed by atoms with E-state index in [9.17, 15) is 40.5 Å². The summed E-state index contributed by atoms with van der Waals surface area (Å²) in [6, 6.07) is 6.58. The summed E-state index contributed by atoms with van der Waals surface area (Å²) in [5, 5.41) is 77.2. The summed E-state index contributed by atoms with van der Waals surface area (Å²) in [7, 11) is 0. The maximum atomic E-state index is 13.5. The van der Waals surface area contributed by atoms with Crippen molar-refractivity contribution < 1.29 is 40.5 Å². The zero-order chi connectivity index (χ0) is 28.4. The molecule has 1 heterocycles. The van der Waals surface area contributed by atoms with Crippen molar-refractivity contribution >= 4 is 23.0 Å². The summed E-state index contributed by atoms with van der Waals surface area (Å²) < 4.78 is 0. The molecule has 0 fully saturated rings. The van der Waals surface area contributed by atoms with Crippen LogP contribution in [-0.4, -0.2) is 71.6 Å². The second-order valence-electron chi connectivity index (χ2n) is 10.7. The van der Waals surface area contributed by atoms with Crippen LogP contribution < -0.4 is 10.2 Å². The minimum atomic E-state index is -1.78. The fraction of sp³-hybridized carbons (Fsp3) is 0.464. The number of hydrogen-bond acceptors (Lipinski definition) is 9. The molecule has 1 aliphatic heterocycles. The Morgan fingerprint density at radius 1 is 0.974 bits per heavy atom. The van der Waals surface area contributed by atoms with Crippen molar-refractivity contribution in [2.45, 2.75) is 76.8 Å². The number of hydrogen-bond donors (Lipinski definition) is 8. The number of benzene rings is 2. The maximum Gasteiger partial charge on any atom is 0.260 e. The Morgan fingerprint density at radius 3 is 2.29 bits per heavy atom. The monoisotopic (exact) mass is 530 g/mol. The molecule has 0 saturated carbocycles. The molecule has 0 radical (unpaired) electrons. The van der Waals surface area contributed by atoms with E-state index in [0.29, 0.717) is 12.8 Å². The standard InChI is InChI=1S/C28H38N2O8/c1-16(2)7-6-11-27(3,37)22(34)10-12-28(4,38)23(35)15-30-19-13-17(31)14-21(33)25(19)29-24-18(26(30)36)8-5-9-20(24)32/h5,7-9,13-14,22-23,29,31-35,37-38H,6,10-12,15H2,1-4H3. The largest absolute Gasteiger partial charge is 0.508 e. The molecule has 1 amide bonds. The minimum absolute atomic E-state index is 0.0176.